The van der Waals surface area contributed by atoms with Gasteiger partial charge in [-0.2, -0.15) is 0 Å². The molecule has 5 rings (SSSR count). The van der Waals surface area contributed by atoms with Gasteiger partial charge in [-0.15, -0.1) is 0 Å². The first-order valence-electron chi connectivity index (χ1n) is 22.4. The maximum atomic E-state index is 14.3. The average molecular weight is 900 g/mol. The molecule has 3 aliphatic rings. The third kappa shape index (κ3) is 10.2. The Morgan fingerprint density at radius 2 is 1.79 bits per heavy atom. The van der Waals surface area contributed by atoms with Gasteiger partial charge in [-0.25, -0.2) is 9.59 Å². The highest BCUT2D eigenvalue weighted by molar-refractivity contribution is 7.80. The van der Waals surface area contributed by atoms with E-state index in [1.165, 1.54) is 22.6 Å². The summed E-state index contributed by atoms with van der Waals surface area (Å²) in [5, 5.41) is 26.0. The standard InChI is InChI=1S/C49H65N3O9SSi/c1-11-15-16-18-34-28-40(53)42(39-27-31(7)20-25-37(39)30(5)6)41(29-34)59-48(62)50-26-17-19-38-32(8)44-49(10,33(9)61-63(12-2,13-3)14-4)47(56)51(44)43(38)46(55)60-45(54)35-21-23-36(24-22-35)52(57)58/h17,19,21-24,27-29,32-33,37,39,44,53H,5,11-16,18,20,25-26H2,1-4,6-10H3,(H,50,62)/b19-17+/t32-,33?,37-,39+,44+,49+/m0/s1. The van der Waals surface area contributed by atoms with E-state index in [1.54, 1.807) is 12.2 Å². The highest BCUT2D eigenvalue weighted by Crippen LogP contribution is 2.56. The lowest BCUT2D eigenvalue weighted by atomic mass is 9.65. The van der Waals surface area contributed by atoms with E-state index in [2.05, 4.69) is 52.6 Å². The van der Waals surface area contributed by atoms with Crippen molar-refractivity contribution in [3.05, 3.63) is 110 Å². The molecule has 2 aliphatic heterocycles. The van der Waals surface area contributed by atoms with Gasteiger partial charge in [-0.1, -0.05) is 83.4 Å². The van der Waals surface area contributed by atoms with Crippen LogP contribution in [0.2, 0.25) is 18.1 Å². The van der Waals surface area contributed by atoms with Crippen molar-refractivity contribution in [2.75, 3.05) is 6.54 Å². The van der Waals surface area contributed by atoms with Crippen LogP contribution < -0.4 is 10.1 Å². The number of hydrogen-bond donors (Lipinski definition) is 2. The summed E-state index contributed by atoms with van der Waals surface area (Å²) >= 11 is 5.73. The van der Waals surface area contributed by atoms with Crippen molar-refractivity contribution in [3.63, 3.8) is 0 Å². The molecule has 1 fully saturated rings. The molecule has 0 spiro atoms. The number of carbonyl (C=O) groups is 3. The summed E-state index contributed by atoms with van der Waals surface area (Å²) in [7, 11) is -2.13. The first kappa shape index (κ1) is 49.1. The van der Waals surface area contributed by atoms with Crippen LogP contribution in [0.3, 0.4) is 0 Å². The van der Waals surface area contributed by atoms with E-state index in [0.29, 0.717) is 16.9 Å². The number of nitro groups is 1. The molecule has 2 heterocycles. The number of nitrogens with one attached hydrogen (secondary N) is 1. The minimum absolute atomic E-state index is 0.0413. The number of fused-ring (bicyclic) bond motifs is 1. The third-order valence-electron chi connectivity index (χ3n) is 13.8. The first-order valence-corrected chi connectivity index (χ1v) is 25.4. The zero-order valence-corrected chi connectivity index (χ0v) is 40.2. The van der Waals surface area contributed by atoms with Gasteiger partial charge in [0.15, 0.2) is 8.32 Å². The lowest BCUT2D eigenvalue weighted by Crippen LogP contribution is -2.72. The summed E-state index contributed by atoms with van der Waals surface area (Å²) in [5.74, 6) is -2.03. The number of benzene rings is 2. The minimum Gasteiger partial charge on any atom is -0.507 e. The third-order valence-corrected chi connectivity index (χ3v) is 18.7. The highest BCUT2D eigenvalue weighted by Gasteiger charge is 2.68. The molecule has 1 unspecified atom stereocenters. The zero-order chi connectivity index (χ0) is 46.4. The maximum Gasteiger partial charge on any atom is 0.363 e. The minimum atomic E-state index is -2.13. The molecule has 1 amide bonds. The van der Waals surface area contributed by atoms with Crippen LogP contribution in [-0.2, 0) is 25.2 Å². The van der Waals surface area contributed by atoms with Gasteiger partial charge < -0.3 is 29.2 Å². The topological polar surface area (TPSA) is 158 Å². The van der Waals surface area contributed by atoms with Gasteiger partial charge in [0, 0.05) is 36.1 Å². The first-order chi connectivity index (χ1) is 29.9. The molecule has 6 atom stereocenters. The number of esters is 2. The second-order valence-corrected chi connectivity index (χ2v) is 22.8. The number of nitrogens with zero attached hydrogens (tertiary/aromatic N) is 2. The largest absolute Gasteiger partial charge is 0.507 e. The lowest BCUT2D eigenvalue weighted by Gasteiger charge is -2.56. The van der Waals surface area contributed by atoms with E-state index in [1.807, 2.05) is 39.8 Å². The number of aromatic hydroxyl groups is 1. The second kappa shape index (κ2) is 20.7. The van der Waals surface area contributed by atoms with Crippen LogP contribution in [0.25, 0.3) is 0 Å². The Hall–Kier alpha value is -4.92. The van der Waals surface area contributed by atoms with E-state index >= 15 is 0 Å². The van der Waals surface area contributed by atoms with Crippen molar-refractivity contribution >= 4 is 49.2 Å². The van der Waals surface area contributed by atoms with Crippen LogP contribution in [0.5, 0.6) is 11.5 Å². The molecule has 0 aromatic heterocycles. The van der Waals surface area contributed by atoms with E-state index < -0.39 is 42.7 Å². The quantitative estimate of drug-likeness (QED) is 0.0159. The molecule has 1 saturated heterocycles. The van der Waals surface area contributed by atoms with Crippen LogP contribution in [0.4, 0.5) is 5.69 Å². The Morgan fingerprint density at radius 1 is 1.13 bits per heavy atom. The molecule has 2 aromatic carbocycles. The Balaban J connectivity index is 1.42. The number of β-lactam (4-membered cyclic amide) rings is 1. The fourth-order valence-electron chi connectivity index (χ4n) is 9.67. The van der Waals surface area contributed by atoms with E-state index in [-0.39, 0.29) is 58.1 Å². The number of non-ortho nitro benzene ring substituents is 1. The summed E-state index contributed by atoms with van der Waals surface area (Å²) in [4.78, 5) is 53.6. The SMILES string of the molecule is C=C(C)[C@@H]1CCC(C)=C[C@H]1c1c(O)cc(CCCCC)cc1OC(=S)NC/C=C/C1=C(C(=O)OC(=O)c2ccc([N+](=O)[O-])cc2)N2C(=O)[C@](C)(C(C)O[Si](CC)(CC)CC)[C@H]2[C@H]1C. The smallest absolute Gasteiger partial charge is 0.363 e. The molecular formula is C49H65N3O9SSi. The van der Waals surface area contributed by atoms with E-state index in [4.69, 9.17) is 26.1 Å². The Labute approximate surface area is 379 Å². The van der Waals surface area contributed by atoms with Crippen LogP contribution in [-0.4, -0.2) is 65.0 Å². The van der Waals surface area contributed by atoms with Gasteiger partial charge in [0.05, 0.1) is 28.0 Å². The number of rotatable bonds is 19. The van der Waals surface area contributed by atoms with Crippen molar-refractivity contribution in [1.29, 1.82) is 0 Å². The van der Waals surface area contributed by atoms with Gasteiger partial charge in [0.25, 0.3) is 10.9 Å². The molecule has 12 nitrogen and oxygen atoms in total. The molecule has 14 heteroatoms. The van der Waals surface area contributed by atoms with Gasteiger partial charge in [-0.3, -0.25) is 14.9 Å². The van der Waals surface area contributed by atoms with Crippen LogP contribution in [0.1, 0.15) is 122 Å². The van der Waals surface area contributed by atoms with E-state index in [9.17, 15) is 29.6 Å². The molecule has 1 aliphatic carbocycles. The number of allylic oxidation sites excluding steroid dienone is 4. The monoisotopic (exact) mass is 899 g/mol. The summed E-state index contributed by atoms with van der Waals surface area (Å²) in [6.07, 6.45) is 11.0. The van der Waals surface area contributed by atoms with Gasteiger partial charge >= 0.3 is 11.9 Å². The number of phenols is 1. The molecular weight excluding hydrogens is 835 g/mol. The summed E-state index contributed by atoms with van der Waals surface area (Å²) in [5.41, 5.74) is 3.13. The lowest BCUT2D eigenvalue weighted by molar-refractivity contribution is -0.384. The van der Waals surface area contributed by atoms with Gasteiger partial charge in [-0.05, 0) is 125 Å². The van der Waals surface area contributed by atoms with E-state index in [0.717, 1.165) is 79.9 Å². The predicted molar refractivity (Wildman–Crippen MR) is 252 cm³/mol. The molecule has 0 saturated carbocycles. The number of phenolic OH excluding ortho intramolecular Hbond substituents is 1. The predicted octanol–water partition coefficient (Wildman–Crippen LogP) is 10.8. The number of nitro benzene ring substituents is 1. The number of amides is 1. The second-order valence-electron chi connectivity index (χ2n) is 17.7. The van der Waals surface area contributed by atoms with Gasteiger partial charge in [0.2, 0.25) is 5.91 Å². The fourth-order valence-corrected chi connectivity index (χ4v) is 12.8. The number of carbonyl (C=O) groups excluding carboxylic acids is 3. The van der Waals surface area contributed by atoms with Crippen molar-refractivity contribution in [2.24, 2.45) is 17.3 Å². The maximum absolute atomic E-state index is 14.3. The number of ether oxygens (including phenoxy) is 2. The summed E-state index contributed by atoms with van der Waals surface area (Å²) in [6.45, 7) is 22.9. The Kier molecular flexibility index (Phi) is 16.1. The van der Waals surface area contributed by atoms with Crippen LogP contribution >= 0.6 is 12.2 Å². The Morgan fingerprint density at radius 3 is 2.40 bits per heavy atom. The molecule has 2 N–H and O–H groups in total. The molecule has 63 heavy (non-hydrogen) atoms. The van der Waals surface area contributed by atoms with Crippen molar-refractivity contribution in [1.82, 2.24) is 10.2 Å². The molecule has 0 bridgehead atoms. The number of hydrogen-bond acceptors (Lipinski definition) is 10. The summed E-state index contributed by atoms with van der Waals surface area (Å²) < 4.78 is 18.6. The van der Waals surface area contributed by atoms with Gasteiger partial charge in [0.1, 0.15) is 17.2 Å². The summed E-state index contributed by atoms with van der Waals surface area (Å²) in [6, 6.07) is 10.8. The van der Waals surface area contributed by atoms with Crippen LogP contribution in [0, 0.1) is 27.4 Å². The van der Waals surface area contributed by atoms with Crippen molar-refractivity contribution < 1.29 is 38.3 Å². The average Bonchev–Trinajstić information content (AvgIpc) is 3.53. The highest BCUT2D eigenvalue weighted by atomic mass is 32.1. The molecule has 0 radical (unpaired) electrons. The zero-order valence-electron chi connectivity index (χ0n) is 38.4. The fraction of sp³-hybridized carbons (Fsp3) is 0.510. The Bertz CT molecular complexity index is 2190. The normalized spacial score (nSPS) is 22.6. The molecule has 340 valence electrons. The van der Waals surface area contributed by atoms with Crippen molar-refractivity contribution in [2.45, 2.75) is 137 Å². The van der Waals surface area contributed by atoms with Crippen LogP contribution in [0.15, 0.2) is 83.6 Å². The van der Waals surface area contributed by atoms with Crippen molar-refractivity contribution in [3.8, 4) is 11.5 Å². The number of thiocarbonyl (C=S) groups is 1. The number of aryl methyl sites for hydroxylation is 1. The molecule has 2 aromatic rings. The number of unbranched alkanes of at least 4 members (excludes halogenated alkanes) is 2.